The molecule has 0 amide bonds. The second-order valence-electron chi connectivity index (χ2n) is 10.6. The first kappa shape index (κ1) is 16.1. The molecule has 5 aliphatic rings. The van der Waals surface area contributed by atoms with E-state index in [1.807, 2.05) is 0 Å². The van der Waals surface area contributed by atoms with Crippen LogP contribution in [0, 0.1) is 39.9 Å². The van der Waals surface area contributed by atoms with Gasteiger partial charge in [-0.3, -0.25) is 4.90 Å². The van der Waals surface area contributed by atoms with Crippen LogP contribution in [0.1, 0.15) is 58.8 Å². The number of fused-ring (bicyclic) bond motifs is 1. The van der Waals surface area contributed by atoms with Crippen molar-refractivity contribution in [2.24, 2.45) is 39.9 Å². The molecule has 0 unspecified atom stereocenters. The molecular weight excluding hydrogens is 298 g/mol. The van der Waals surface area contributed by atoms with E-state index in [4.69, 9.17) is 0 Å². The van der Waals surface area contributed by atoms with E-state index in [0.717, 1.165) is 24.3 Å². The zero-order valence-corrected chi connectivity index (χ0v) is 15.5. The van der Waals surface area contributed by atoms with Gasteiger partial charge in [0.05, 0.1) is 12.7 Å². The summed E-state index contributed by atoms with van der Waals surface area (Å²) in [7, 11) is 0. The molecule has 5 rings (SSSR count). The van der Waals surface area contributed by atoms with E-state index in [2.05, 4.69) is 18.7 Å². The monoisotopic (exact) mass is 333 g/mol. The molecule has 2 N–H and O–H groups in total. The molecule has 1 aliphatic heterocycles. The van der Waals surface area contributed by atoms with Crippen molar-refractivity contribution in [3.05, 3.63) is 0 Å². The van der Waals surface area contributed by atoms with Crippen molar-refractivity contribution < 1.29 is 10.2 Å². The van der Waals surface area contributed by atoms with E-state index < -0.39 is 0 Å². The summed E-state index contributed by atoms with van der Waals surface area (Å²) >= 11 is 0. The lowest BCUT2D eigenvalue weighted by molar-refractivity contribution is -0.215. The topological polar surface area (TPSA) is 43.7 Å². The number of aliphatic hydroxyl groups excluding tert-OH is 2. The van der Waals surface area contributed by atoms with Crippen molar-refractivity contribution in [3.8, 4) is 0 Å². The lowest BCUT2D eigenvalue weighted by atomic mass is 9.40. The van der Waals surface area contributed by atoms with Crippen LogP contribution >= 0.6 is 0 Å². The Morgan fingerprint density at radius 3 is 2.67 bits per heavy atom. The summed E-state index contributed by atoms with van der Waals surface area (Å²) in [6, 6.07) is 0. The Kier molecular flexibility index (Phi) is 3.34. The van der Waals surface area contributed by atoms with Crippen LogP contribution in [0.4, 0.5) is 0 Å². The van der Waals surface area contributed by atoms with Gasteiger partial charge in [-0.2, -0.15) is 0 Å². The highest BCUT2D eigenvalue weighted by atomic mass is 16.3. The van der Waals surface area contributed by atoms with Gasteiger partial charge in [0.25, 0.3) is 0 Å². The van der Waals surface area contributed by atoms with E-state index in [9.17, 15) is 10.2 Å². The molecule has 0 radical (unpaired) electrons. The van der Waals surface area contributed by atoms with Gasteiger partial charge in [-0.25, -0.2) is 0 Å². The molecule has 1 heterocycles. The van der Waals surface area contributed by atoms with Crippen LogP contribution in [0.5, 0.6) is 0 Å². The molecule has 136 valence electrons. The molecule has 0 aromatic rings. The van der Waals surface area contributed by atoms with Gasteiger partial charge < -0.3 is 10.2 Å². The van der Waals surface area contributed by atoms with Crippen LogP contribution in [0.2, 0.25) is 0 Å². The summed E-state index contributed by atoms with van der Waals surface area (Å²) in [6.45, 7) is 8.34. The summed E-state index contributed by atoms with van der Waals surface area (Å²) in [5, 5.41) is 20.7. The fraction of sp³-hybridized carbons (Fsp3) is 1.00. The van der Waals surface area contributed by atoms with Crippen molar-refractivity contribution in [2.75, 3.05) is 26.2 Å². The lowest BCUT2D eigenvalue weighted by Crippen LogP contribution is -2.68. The third kappa shape index (κ3) is 1.75. The third-order valence-corrected chi connectivity index (χ3v) is 9.74. The highest BCUT2D eigenvalue weighted by Crippen LogP contribution is 2.75. The number of hydrogen-bond donors (Lipinski definition) is 2. The zero-order chi connectivity index (χ0) is 16.7. The predicted molar refractivity (Wildman–Crippen MR) is 94.5 cm³/mol. The second kappa shape index (κ2) is 4.98. The first-order valence-electron chi connectivity index (χ1n) is 10.5. The molecular formula is C21H35NO2. The summed E-state index contributed by atoms with van der Waals surface area (Å²) < 4.78 is 0. The van der Waals surface area contributed by atoms with Gasteiger partial charge in [-0.1, -0.05) is 20.3 Å². The predicted octanol–water partition coefficient (Wildman–Crippen LogP) is 2.90. The van der Waals surface area contributed by atoms with Gasteiger partial charge in [0.15, 0.2) is 0 Å². The molecule has 1 spiro atoms. The summed E-state index contributed by atoms with van der Waals surface area (Å²) in [5.41, 5.74) is 1.10. The highest BCUT2D eigenvalue weighted by Gasteiger charge is 2.72. The smallest absolute Gasteiger partial charge is 0.0627 e. The maximum absolute atomic E-state index is 11.1. The maximum atomic E-state index is 11.1. The SMILES string of the molecule is C[C@@H]1[C@@H]2C[C@@H]3[C@@](CC[C@H]4[C@@]5(C)CCC[C@@]34CN(CCO)C5)(C2)[C@@H]1O. The fourth-order valence-electron chi connectivity index (χ4n) is 9.09. The Morgan fingerprint density at radius 2 is 1.92 bits per heavy atom. The molecule has 0 aromatic heterocycles. The molecule has 5 fully saturated rings. The van der Waals surface area contributed by atoms with Gasteiger partial charge in [-0.15, -0.1) is 0 Å². The third-order valence-electron chi connectivity index (χ3n) is 9.74. The molecule has 3 nitrogen and oxygen atoms in total. The molecule has 3 heteroatoms. The van der Waals surface area contributed by atoms with Gasteiger partial charge in [-0.05, 0) is 73.0 Å². The number of β-amino-alcohol motifs (C(OH)–C–C–N with tert-alkyl or cyclic N) is 1. The Bertz CT molecular complexity index is 538. The molecule has 4 aliphatic carbocycles. The number of hydrogen-bond acceptors (Lipinski definition) is 3. The van der Waals surface area contributed by atoms with Crippen LogP contribution < -0.4 is 0 Å². The van der Waals surface area contributed by atoms with Crippen molar-refractivity contribution >= 4 is 0 Å². The Balaban J connectivity index is 1.57. The molecule has 24 heavy (non-hydrogen) atoms. The van der Waals surface area contributed by atoms with Crippen molar-refractivity contribution in [1.82, 2.24) is 4.90 Å². The Labute approximate surface area is 146 Å². The van der Waals surface area contributed by atoms with E-state index in [-0.39, 0.29) is 18.1 Å². The largest absolute Gasteiger partial charge is 0.395 e. The molecule has 8 atom stereocenters. The molecule has 0 aromatic carbocycles. The van der Waals surface area contributed by atoms with Crippen molar-refractivity contribution in [3.63, 3.8) is 0 Å². The number of likely N-dealkylation sites (tertiary alicyclic amines) is 1. The van der Waals surface area contributed by atoms with E-state index >= 15 is 0 Å². The van der Waals surface area contributed by atoms with Crippen LogP contribution in [0.15, 0.2) is 0 Å². The zero-order valence-electron chi connectivity index (χ0n) is 15.5. The number of piperidine rings is 1. The lowest BCUT2D eigenvalue weighted by Gasteiger charge is -2.69. The average molecular weight is 334 g/mol. The minimum absolute atomic E-state index is 0.0574. The van der Waals surface area contributed by atoms with Gasteiger partial charge >= 0.3 is 0 Å². The van der Waals surface area contributed by atoms with Gasteiger partial charge in [0, 0.05) is 25.0 Å². The maximum Gasteiger partial charge on any atom is 0.0627 e. The minimum Gasteiger partial charge on any atom is -0.395 e. The van der Waals surface area contributed by atoms with Crippen LogP contribution in [-0.2, 0) is 0 Å². The highest BCUT2D eigenvalue weighted by molar-refractivity contribution is 5.21. The van der Waals surface area contributed by atoms with E-state index in [1.54, 1.807) is 0 Å². The van der Waals surface area contributed by atoms with Crippen LogP contribution in [0.3, 0.4) is 0 Å². The van der Waals surface area contributed by atoms with Gasteiger partial charge in [0.1, 0.15) is 0 Å². The molecule has 4 saturated carbocycles. The van der Waals surface area contributed by atoms with E-state index in [1.165, 1.54) is 58.0 Å². The number of rotatable bonds is 2. The number of nitrogens with zero attached hydrogens (tertiary/aromatic N) is 1. The first-order chi connectivity index (χ1) is 11.5. The second-order valence-corrected chi connectivity index (χ2v) is 10.6. The Hall–Kier alpha value is -0.120. The minimum atomic E-state index is -0.0574. The fourth-order valence-corrected chi connectivity index (χ4v) is 9.09. The van der Waals surface area contributed by atoms with Crippen molar-refractivity contribution in [2.45, 2.75) is 64.9 Å². The summed E-state index contributed by atoms with van der Waals surface area (Å²) in [5.74, 6) is 2.87. The van der Waals surface area contributed by atoms with E-state index in [0.29, 0.717) is 16.7 Å². The molecule has 1 saturated heterocycles. The van der Waals surface area contributed by atoms with Crippen LogP contribution in [0.25, 0.3) is 0 Å². The number of aliphatic hydroxyl groups is 2. The standard InChI is InChI=1S/C21H35NO2/c1-14-15-10-17-20(11-15,18(14)24)7-4-16-19(2)5-3-6-21(16,17)13-22(12-19)8-9-23/h14-18,23-24H,3-13H2,1-2H3/t14-,15-,16+,17-,18-,19+,20-,21+/m1/s1. The normalized spacial score (nSPS) is 59.2. The van der Waals surface area contributed by atoms with Crippen LogP contribution in [-0.4, -0.2) is 47.5 Å². The van der Waals surface area contributed by atoms with Gasteiger partial charge in [0.2, 0.25) is 0 Å². The van der Waals surface area contributed by atoms with Crippen molar-refractivity contribution in [1.29, 1.82) is 0 Å². The Morgan fingerprint density at radius 1 is 1.08 bits per heavy atom. The summed E-state index contributed by atoms with van der Waals surface area (Å²) in [6.07, 6.45) is 9.35. The first-order valence-corrected chi connectivity index (χ1v) is 10.5. The average Bonchev–Trinajstić information content (AvgIpc) is 3.03. The summed E-state index contributed by atoms with van der Waals surface area (Å²) in [4.78, 5) is 2.58. The molecule has 4 bridgehead atoms. The quantitative estimate of drug-likeness (QED) is 0.817.